The number of benzene rings is 1. The Morgan fingerprint density at radius 3 is 2.62 bits per heavy atom. The van der Waals surface area contributed by atoms with Crippen molar-refractivity contribution in [2.75, 3.05) is 19.5 Å². The lowest BCUT2D eigenvalue weighted by Gasteiger charge is -2.12. The van der Waals surface area contributed by atoms with Gasteiger partial charge >= 0.3 is 0 Å². The van der Waals surface area contributed by atoms with Crippen LogP contribution in [-0.2, 0) is 0 Å². The molecule has 0 saturated heterocycles. The van der Waals surface area contributed by atoms with Gasteiger partial charge in [-0.1, -0.05) is 6.92 Å². The smallest absolute Gasteiger partial charge is 0.270 e. The molecule has 128 valence electrons. The fourth-order valence-electron chi connectivity index (χ4n) is 1.99. The minimum atomic E-state index is -0.220. The van der Waals surface area contributed by atoms with Crippen molar-refractivity contribution in [3.63, 3.8) is 0 Å². The number of amides is 1. The van der Waals surface area contributed by atoms with Crippen molar-refractivity contribution >= 4 is 17.5 Å². The van der Waals surface area contributed by atoms with E-state index in [-0.39, 0.29) is 11.9 Å². The van der Waals surface area contributed by atoms with Crippen LogP contribution in [0.5, 0.6) is 11.5 Å². The molecule has 1 amide bonds. The minimum Gasteiger partial charge on any atom is -0.493 e. The molecule has 1 aromatic heterocycles. The van der Waals surface area contributed by atoms with Crippen molar-refractivity contribution in [1.82, 2.24) is 15.3 Å². The Morgan fingerprint density at radius 1 is 1.21 bits per heavy atom. The molecule has 0 spiro atoms. The quantitative estimate of drug-likeness (QED) is 0.812. The molecule has 2 N–H and O–H groups in total. The number of carbonyl (C=O) groups is 1. The zero-order chi connectivity index (χ0) is 17.5. The monoisotopic (exact) mass is 330 g/mol. The first-order chi connectivity index (χ1) is 11.6. The van der Waals surface area contributed by atoms with E-state index in [4.69, 9.17) is 9.47 Å². The molecule has 1 heterocycles. The normalized spacial score (nSPS) is 11.5. The summed E-state index contributed by atoms with van der Waals surface area (Å²) in [6.45, 7) is 3.96. The van der Waals surface area contributed by atoms with E-state index < -0.39 is 0 Å². The molecule has 0 saturated carbocycles. The summed E-state index contributed by atoms with van der Waals surface area (Å²) in [7, 11) is 3.14. The molecule has 0 bridgehead atoms. The van der Waals surface area contributed by atoms with E-state index in [2.05, 4.69) is 20.6 Å². The van der Waals surface area contributed by atoms with Crippen molar-refractivity contribution in [2.45, 2.75) is 26.3 Å². The van der Waals surface area contributed by atoms with Crippen LogP contribution >= 0.6 is 0 Å². The molecule has 0 radical (unpaired) electrons. The summed E-state index contributed by atoms with van der Waals surface area (Å²) in [5.74, 6) is 1.33. The summed E-state index contributed by atoms with van der Waals surface area (Å²) in [6, 6.07) is 7.04. The predicted molar refractivity (Wildman–Crippen MR) is 92.1 cm³/mol. The highest BCUT2D eigenvalue weighted by atomic mass is 16.5. The van der Waals surface area contributed by atoms with E-state index in [9.17, 15) is 4.79 Å². The SMILES string of the molecule is CCC(C)NC(=O)c1ccnc(Nc2ccc(OC)c(OC)c2)n1. The van der Waals surface area contributed by atoms with E-state index >= 15 is 0 Å². The maximum absolute atomic E-state index is 12.1. The van der Waals surface area contributed by atoms with Crippen molar-refractivity contribution in [2.24, 2.45) is 0 Å². The highest BCUT2D eigenvalue weighted by molar-refractivity contribution is 5.92. The van der Waals surface area contributed by atoms with Gasteiger partial charge in [-0.05, 0) is 31.5 Å². The van der Waals surface area contributed by atoms with E-state index in [0.717, 1.165) is 12.1 Å². The van der Waals surface area contributed by atoms with Gasteiger partial charge in [-0.2, -0.15) is 0 Å². The summed E-state index contributed by atoms with van der Waals surface area (Å²) >= 11 is 0. The van der Waals surface area contributed by atoms with Crippen LogP contribution < -0.4 is 20.1 Å². The Bertz CT molecular complexity index is 706. The molecule has 0 aliphatic carbocycles. The molecule has 1 unspecified atom stereocenters. The maximum atomic E-state index is 12.1. The molecule has 2 rings (SSSR count). The van der Waals surface area contributed by atoms with E-state index in [1.54, 1.807) is 38.6 Å². The first kappa shape index (κ1) is 17.5. The number of hydrogen-bond acceptors (Lipinski definition) is 6. The first-order valence-corrected chi connectivity index (χ1v) is 7.70. The van der Waals surface area contributed by atoms with Crippen LogP contribution in [-0.4, -0.2) is 36.1 Å². The lowest BCUT2D eigenvalue weighted by atomic mass is 10.2. The van der Waals surface area contributed by atoms with Gasteiger partial charge in [0.05, 0.1) is 14.2 Å². The summed E-state index contributed by atoms with van der Waals surface area (Å²) in [6.07, 6.45) is 2.40. The molecular formula is C17H22N4O3. The lowest BCUT2D eigenvalue weighted by molar-refractivity contribution is 0.0934. The van der Waals surface area contributed by atoms with E-state index in [1.807, 2.05) is 19.9 Å². The van der Waals surface area contributed by atoms with Crippen LogP contribution in [0.25, 0.3) is 0 Å². The Morgan fingerprint density at radius 2 is 1.96 bits per heavy atom. The predicted octanol–water partition coefficient (Wildman–Crippen LogP) is 2.77. The number of methoxy groups -OCH3 is 2. The summed E-state index contributed by atoms with van der Waals surface area (Å²) < 4.78 is 10.5. The van der Waals surface area contributed by atoms with Crippen LogP contribution in [0.3, 0.4) is 0 Å². The van der Waals surface area contributed by atoms with Crippen molar-refractivity contribution in [3.8, 4) is 11.5 Å². The van der Waals surface area contributed by atoms with E-state index in [0.29, 0.717) is 23.1 Å². The number of hydrogen-bond donors (Lipinski definition) is 2. The largest absolute Gasteiger partial charge is 0.493 e. The van der Waals surface area contributed by atoms with Crippen LogP contribution in [0.4, 0.5) is 11.6 Å². The Kier molecular flexibility index (Phi) is 5.95. The van der Waals surface area contributed by atoms with Gasteiger partial charge in [0.25, 0.3) is 5.91 Å². The Hall–Kier alpha value is -2.83. The fraction of sp³-hybridized carbons (Fsp3) is 0.353. The second kappa shape index (κ2) is 8.14. The van der Waals surface area contributed by atoms with Gasteiger partial charge in [0.15, 0.2) is 11.5 Å². The minimum absolute atomic E-state index is 0.0923. The van der Waals surface area contributed by atoms with Gasteiger partial charge in [-0.15, -0.1) is 0 Å². The third-order valence-electron chi connectivity index (χ3n) is 3.52. The number of nitrogens with zero attached hydrogens (tertiary/aromatic N) is 2. The second-order valence-electron chi connectivity index (χ2n) is 5.24. The molecule has 0 fully saturated rings. The number of ether oxygens (including phenoxy) is 2. The van der Waals surface area contributed by atoms with Crippen molar-refractivity contribution in [1.29, 1.82) is 0 Å². The van der Waals surface area contributed by atoms with Gasteiger partial charge in [0, 0.05) is 24.0 Å². The van der Waals surface area contributed by atoms with Crippen LogP contribution in [0.1, 0.15) is 30.8 Å². The first-order valence-electron chi connectivity index (χ1n) is 7.70. The summed E-state index contributed by atoms with van der Waals surface area (Å²) in [4.78, 5) is 20.5. The number of carbonyl (C=O) groups excluding carboxylic acids is 1. The van der Waals surface area contributed by atoms with Crippen molar-refractivity contribution < 1.29 is 14.3 Å². The zero-order valence-corrected chi connectivity index (χ0v) is 14.3. The molecule has 1 atom stereocenters. The standard InChI is InChI=1S/C17H22N4O3/c1-5-11(2)19-16(22)13-8-9-18-17(21-13)20-12-6-7-14(23-3)15(10-12)24-4/h6-11H,5H2,1-4H3,(H,19,22)(H,18,20,21). The fourth-order valence-corrected chi connectivity index (χ4v) is 1.99. The highest BCUT2D eigenvalue weighted by Gasteiger charge is 2.12. The van der Waals surface area contributed by atoms with Crippen LogP contribution in [0.2, 0.25) is 0 Å². The molecule has 2 aromatic rings. The molecule has 24 heavy (non-hydrogen) atoms. The average molecular weight is 330 g/mol. The summed E-state index contributed by atoms with van der Waals surface area (Å²) in [5, 5.41) is 5.93. The lowest BCUT2D eigenvalue weighted by Crippen LogP contribution is -2.32. The Balaban J connectivity index is 2.16. The molecule has 7 nitrogen and oxygen atoms in total. The van der Waals surface area contributed by atoms with Gasteiger partial charge < -0.3 is 20.1 Å². The second-order valence-corrected chi connectivity index (χ2v) is 5.24. The number of aromatic nitrogens is 2. The topological polar surface area (TPSA) is 85.4 Å². The maximum Gasteiger partial charge on any atom is 0.270 e. The number of anilines is 2. The van der Waals surface area contributed by atoms with Crippen LogP contribution in [0.15, 0.2) is 30.5 Å². The zero-order valence-electron chi connectivity index (χ0n) is 14.3. The van der Waals surface area contributed by atoms with Crippen LogP contribution in [0, 0.1) is 0 Å². The third-order valence-corrected chi connectivity index (χ3v) is 3.52. The molecule has 0 aliphatic heterocycles. The molecule has 7 heteroatoms. The molecule has 1 aromatic carbocycles. The van der Waals surface area contributed by atoms with Gasteiger partial charge in [0.2, 0.25) is 5.95 Å². The van der Waals surface area contributed by atoms with E-state index in [1.165, 1.54) is 0 Å². The third kappa shape index (κ3) is 4.34. The molecule has 0 aliphatic rings. The van der Waals surface area contributed by atoms with Gasteiger partial charge in [-0.3, -0.25) is 4.79 Å². The highest BCUT2D eigenvalue weighted by Crippen LogP contribution is 2.30. The Labute approximate surface area is 141 Å². The number of nitrogens with one attached hydrogen (secondary N) is 2. The number of rotatable bonds is 7. The van der Waals surface area contributed by atoms with Gasteiger partial charge in [-0.25, -0.2) is 9.97 Å². The summed E-state index contributed by atoms with van der Waals surface area (Å²) in [5.41, 5.74) is 1.04. The molecular weight excluding hydrogens is 308 g/mol. The van der Waals surface area contributed by atoms with Gasteiger partial charge in [0.1, 0.15) is 5.69 Å². The average Bonchev–Trinajstić information content (AvgIpc) is 2.61. The van der Waals surface area contributed by atoms with Crippen molar-refractivity contribution in [3.05, 3.63) is 36.2 Å².